The van der Waals surface area contributed by atoms with Gasteiger partial charge in [0.15, 0.2) is 5.13 Å². The van der Waals surface area contributed by atoms with Crippen molar-refractivity contribution in [3.05, 3.63) is 40.7 Å². The number of hydrogen-bond acceptors (Lipinski definition) is 4. The van der Waals surface area contributed by atoms with Crippen LogP contribution in [0.15, 0.2) is 24.5 Å². The highest BCUT2D eigenvalue weighted by atomic mass is 32.1. The molecular weight excluding hydrogens is 272 g/mol. The molecule has 1 aliphatic carbocycles. The zero-order valence-corrected chi connectivity index (χ0v) is 11.5. The fourth-order valence-corrected chi connectivity index (χ4v) is 3.53. The number of carbonyl (C=O) groups excluding carboxylic acids is 1. The van der Waals surface area contributed by atoms with Gasteiger partial charge in [-0.2, -0.15) is 0 Å². The largest absolute Gasteiger partial charge is 0.345 e. The average Bonchev–Trinajstić information content (AvgIpc) is 3.11. The Morgan fingerprint density at radius 2 is 2.30 bits per heavy atom. The lowest BCUT2D eigenvalue weighted by atomic mass is 10.2. The van der Waals surface area contributed by atoms with Gasteiger partial charge in [-0.25, -0.2) is 9.97 Å². The molecule has 3 aromatic rings. The third-order valence-electron chi connectivity index (χ3n) is 3.50. The number of thiazole rings is 1. The Hall–Kier alpha value is -2.21. The lowest BCUT2D eigenvalue weighted by molar-refractivity contribution is 0.102. The first kappa shape index (κ1) is 11.6. The van der Waals surface area contributed by atoms with E-state index in [1.165, 1.54) is 11.3 Å². The van der Waals surface area contributed by atoms with Crippen LogP contribution in [-0.4, -0.2) is 20.9 Å². The second-order valence-corrected chi connectivity index (χ2v) is 5.91. The SMILES string of the molecule is O=C(Nc1nc2c(s1)CCC2)c1ccc2nc[nH]c2c1. The molecule has 0 atom stereocenters. The summed E-state index contributed by atoms with van der Waals surface area (Å²) in [6.45, 7) is 0. The summed E-state index contributed by atoms with van der Waals surface area (Å²) in [6, 6.07) is 5.42. The monoisotopic (exact) mass is 284 g/mol. The van der Waals surface area contributed by atoms with Crippen molar-refractivity contribution in [3.63, 3.8) is 0 Å². The summed E-state index contributed by atoms with van der Waals surface area (Å²) >= 11 is 1.59. The molecule has 100 valence electrons. The smallest absolute Gasteiger partial charge is 0.257 e. The number of aromatic amines is 1. The molecule has 4 rings (SSSR count). The molecule has 1 aliphatic rings. The standard InChI is InChI=1S/C14H12N4OS/c19-13(8-4-5-9-11(6-8)16-7-15-9)18-14-17-10-2-1-3-12(10)20-14/h4-7H,1-3H2,(H,15,16)(H,17,18,19). The highest BCUT2D eigenvalue weighted by Gasteiger charge is 2.18. The van der Waals surface area contributed by atoms with Crippen molar-refractivity contribution in [2.24, 2.45) is 0 Å². The third-order valence-corrected chi connectivity index (χ3v) is 4.57. The number of imidazole rings is 1. The van der Waals surface area contributed by atoms with E-state index in [4.69, 9.17) is 0 Å². The van der Waals surface area contributed by atoms with Gasteiger partial charge in [0, 0.05) is 10.4 Å². The van der Waals surface area contributed by atoms with Crippen LogP contribution in [0.3, 0.4) is 0 Å². The Morgan fingerprint density at radius 3 is 3.20 bits per heavy atom. The highest BCUT2D eigenvalue weighted by Crippen LogP contribution is 2.30. The van der Waals surface area contributed by atoms with Crippen molar-refractivity contribution in [2.75, 3.05) is 5.32 Å². The van der Waals surface area contributed by atoms with Gasteiger partial charge in [0.05, 0.1) is 23.1 Å². The van der Waals surface area contributed by atoms with Crippen LogP contribution in [-0.2, 0) is 12.8 Å². The molecule has 5 nitrogen and oxygen atoms in total. The lowest BCUT2D eigenvalue weighted by Gasteiger charge is -2.01. The minimum absolute atomic E-state index is 0.131. The first-order valence-electron chi connectivity index (χ1n) is 6.53. The topological polar surface area (TPSA) is 70.7 Å². The minimum atomic E-state index is -0.131. The van der Waals surface area contributed by atoms with Crippen LogP contribution < -0.4 is 5.32 Å². The number of hydrogen-bond donors (Lipinski definition) is 2. The second-order valence-electron chi connectivity index (χ2n) is 4.83. The summed E-state index contributed by atoms with van der Waals surface area (Å²) in [5.74, 6) is -0.131. The second kappa shape index (κ2) is 4.42. The fraction of sp³-hybridized carbons (Fsp3) is 0.214. The molecule has 0 saturated heterocycles. The van der Waals surface area contributed by atoms with Gasteiger partial charge >= 0.3 is 0 Å². The number of fused-ring (bicyclic) bond motifs is 2. The predicted molar refractivity (Wildman–Crippen MR) is 78.2 cm³/mol. The van der Waals surface area contributed by atoms with Crippen LogP contribution in [0.5, 0.6) is 0 Å². The van der Waals surface area contributed by atoms with Gasteiger partial charge in [0.2, 0.25) is 0 Å². The van der Waals surface area contributed by atoms with Gasteiger partial charge in [0.25, 0.3) is 5.91 Å². The summed E-state index contributed by atoms with van der Waals surface area (Å²) in [7, 11) is 0. The van der Waals surface area contributed by atoms with Crippen molar-refractivity contribution in [1.29, 1.82) is 0 Å². The Labute approximate surface area is 119 Å². The van der Waals surface area contributed by atoms with Gasteiger partial charge in [-0.05, 0) is 37.5 Å². The number of carbonyl (C=O) groups is 1. The summed E-state index contributed by atoms with van der Waals surface area (Å²) in [6.07, 6.45) is 4.92. The van der Waals surface area contributed by atoms with Crippen LogP contribution in [0.25, 0.3) is 11.0 Å². The molecule has 0 unspecified atom stereocenters. The third kappa shape index (κ3) is 1.89. The quantitative estimate of drug-likeness (QED) is 0.760. The van der Waals surface area contributed by atoms with E-state index in [1.54, 1.807) is 29.8 Å². The number of amides is 1. The Balaban J connectivity index is 1.59. The number of anilines is 1. The molecule has 2 heterocycles. The molecule has 1 aromatic carbocycles. The number of nitrogens with zero attached hydrogens (tertiary/aromatic N) is 2. The first-order valence-corrected chi connectivity index (χ1v) is 7.34. The van der Waals surface area contributed by atoms with E-state index in [9.17, 15) is 4.79 Å². The van der Waals surface area contributed by atoms with Crippen LogP contribution in [0.4, 0.5) is 5.13 Å². The van der Waals surface area contributed by atoms with E-state index in [-0.39, 0.29) is 5.91 Å². The van der Waals surface area contributed by atoms with Crippen LogP contribution in [0.2, 0.25) is 0 Å². The van der Waals surface area contributed by atoms with Gasteiger partial charge in [0.1, 0.15) is 0 Å². The van der Waals surface area contributed by atoms with Crippen LogP contribution in [0, 0.1) is 0 Å². The normalized spacial score (nSPS) is 13.6. The summed E-state index contributed by atoms with van der Waals surface area (Å²) < 4.78 is 0. The molecule has 2 N–H and O–H groups in total. The maximum absolute atomic E-state index is 12.2. The fourth-order valence-electron chi connectivity index (χ4n) is 2.49. The number of nitrogens with one attached hydrogen (secondary N) is 2. The molecule has 0 fully saturated rings. The van der Waals surface area contributed by atoms with Gasteiger partial charge in [-0.1, -0.05) is 0 Å². The molecule has 6 heteroatoms. The van der Waals surface area contributed by atoms with Gasteiger partial charge in [-0.15, -0.1) is 11.3 Å². The van der Waals surface area contributed by atoms with Crippen molar-refractivity contribution < 1.29 is 4.79 Å². The first-order chi connectivity index (χ1) is 9.79. The number of aryl methyl sites for hydroxylation is 2. The zero-order chi connectivity index (χ0) is 13.5. The molecule has 0 bridgehead atoms. The number of rotatable bonds is 2. The molecule has 1 amide bonds. The molecule has 0 radical (unpaired) electrons. The molecule has 0 saturated carbocycles. The minimum Gasteiger partial charge on any atom is -0.345 e. The van der Waals surface area contributed by atoms with Crippen LogP contribution in [0.1, 0.15) is 27.3 Å². The molecule has 0 spiro atoms. The maximum atomic E-state index is 12.2. The number of benzene rings is 1. The van der Waals surface area contributed by atoms with E-state index in [1.807, 2.05) is 6.07 Å². The van der Waals surface area contributed by atoms with Crippen molar-refractivity contribution in [1.82, 2.24) is 15.0 Å². The number of H-pyrrole nitrogens is 1. The van der Waals surface area contributed by atoms with Crippen molar-refractivity contribution in [2.45, 2.75) is 19.3 Å². The maximum Gasteiger partial charge on any atom is 0.257 e. The van der Waals surface area contributed by atoms with E-state index in [0.29, 0.717) is 10.7 Å². The van der Waals surface area contributed by atoms with E-state index >= 15 is 0 Å². The van der Waals surface area contributed by atoms with E-state index < -0.39 is 0 Å². The Morgan fingerprint density at radius 1 is 1.35 bits per heavy atom. The summed E-state index contributed by atoms with van der Waals surface area (Å²) in [5, 5.41) is 3.58. The highest BCUT2D eigenvalue weighted by molar-refractivity contribution is 7.16. The summed E-state index contributed by atoms with van der Waals surface area (Å²) in [4.78, 5) is 25.2. The molecular formula is C14H12N4OS. The average molecular weight is 284 g/mol. The molecule has 0 aliphatic heterocycles. The van der Waals surface area contributed by atoms with E-state index in [0.717, 1.165) is 29.6 Å². The van der Waals surface area contributed by atoms with Gasteiger partial charge < -0.3 is 4.98 Å². The Kier molecular flexibility index (Phi) is 2.56. The molecule has 2 aromatic heterocycles. The van der Waals surface area contributed by atoms with Crippen LogP contribution >= 0.6 is 11.3 Å². The Bertz CT molecular complexity index is 783. The van der Waals surface area contributed by atoms with Crippen molar-refractivity contribution in [3.8, 4) is 0 Å². The number of aromatic nitrogens is 3. The lowest BCUT2D eigenvalue weighted by Crippen LogP contribution is -2.11. The van der Waals surface area contributed by atoms with Gasteiger partial charge in [-0.3, -0.25) is 10.1 Å². The predicted octanol–water partition coefficient (Wildman–Crippen LogP) is 2.76. The molecule has 20 heavy (non-hydrogen) atoms. The van der Waals surface area contributed by atoms with E-state index in [2.05, 4.69) is 20.3 Å². The zero-order valence-electron chi connectivity index (χ0n) is 10.6. The van der Waals surface area contributed by atoms with Crippen molar-refractivity contribution >= 4 is 33.4 Å². The summed E-state index contributed by atoms with van der Waals surface area (Å²) in [5.41, 5.74) is 3.47.